The van der Waals surface area contributed by atoms with Crippen LogP contribution in [0.1, 0.15) is 41.0 Å². The van der Waals surface area contributed by atoms with Crippen molar-refractivity contribution in [1.82, 2.24) is 0 Å². The molecule has 0 radical (unpaired) electrons. The maximum absolute atomic E-state index is 6.96. The van der Waals surface area contributed by atoms with E-state index in [9.17, 15) is 0 Å². The third-order valence-corrected chi connectivity index (χ3v) is 5.63. The first-order valence-corrected chi connectivity index (χ1v) is 8.09. The van der Waals surface area contributed by atoms with E-state index in [1.54, 1.807) is 0 Å². The third-order valence-electron chi connectivity index (χ3n) is 4.80. The van der Waals surface area contributed by atoms with Gasteiger partial charge in [-0.2, -0.15) is 0 Å². The van der Waals surface area contributed by atoms with E-state index in [1.807, 2.05) is 6.92 Å². The van der Waals surface area contributed by atoms with Crippen LogP contribution < -0.4 is 0 Å². The van der Waals surface area contributed by atoms with Crippen LogP contribution in [0.5, 0.6) is 0 Å². The molecule has 2 aromatic rings. The van der Waals surface area contributed by atoms with E-state index in [2.05, 4.69) is 48.5 Å². The molecule has 3 heteroatoms. The standard InChI is InChI=1S/C18H13Cl3/c1-18(21)15-12-8-4-2-6-10(12)14(16(18)17(19)20)11-7-3-5-9-13(11)15/h2-9,14-15H,1H3. The van der Waals surface area contributed by atoms with Gasteiger partial charge in [0.25, 0.3) is 0 Å². The van der Waals surface area contributed by atoms with Gasteiger partial charge in [-0.25, -0.2) is 0 Å². The highest BCUT2D eigenvalue weighted by Crippen LogP contribution is 2.63. The van der Waals surface area contributed by atoms with Gasteiger partial charge in [-0.05, 0) is 34.8 Å². The Labute approximate surface area is 139 Å². The molecule has 0 saturated heterocycles. The number of benzene rings is 2. The number of hydrogen-bond donors (Lipinski definition) is 0. The molecule has 2 aromatic carbocycles. The average Bonchev–Trinajstić information content (AvgIpc) is 2.45. The zero-order chi connectivity index (χ0) is 14.8. The fraction of sp³-hybridized carbons (Fsp3) is 0.222. The number of hydrogen-bond acceptors (Lipinski definition) is 0. The molecule has 1 atom stereocenters. The van der Waals surface area contributed by atoms with Crippen LogP contribution in [0.15, 0.2) is 58.6 Å². The van der Waals surface area contributed by atoms with Crippen molar-refractivity contribution < 1.29 is 0 Å². The van der Waals surface area contributed by atoms with Gasteiger partial charge in [0.05, 0.1) is 4.87 Å². The topological polar surface area (TPSA) is 0 Å². The van der Waals surface area contributed by atoms with Crippen LogP contribution in [0, 0.1) is 0 Å². The molecule has 0 nitrogen and oxygen atoms in total. The Bertz CT molecular complexity index is 722. The van der Waals surface area contributed by atoms with Crippen molar-refractivity contribution in [1.29, 1.82) is 0 Å². The number of rotatable bonds is 0. The highest BCUT2D eigenvalue weighted by Gasteiger charge is 2.53. The number of allylic oxidation sites excluding steroid dienone is 1. The molecule has 0 aromatic heterocycles. The lowest BCUT2D eigenvalue weighted by Gasteiger charge is -2.50. The van der Waals surface area contributed by atoms with Crippen molar-refractivity contribution in [3.8, 4) is 0 Å². The van der Waals surface area contributed by atoms with Gasteiger partial charge in [0.1, 0.15) is 4.49 Å². The predicted molar refractivity (Wildman–Crippen MR) is 89.6 cm³/mol. The molecule has 0 aliphatic heterocycles. The molecule has 3 aliphatic carbocycles. The van der Waals surface area contributed by atoms with Gasteiger partial charge in [-0.1, -0.05) is 71.7 Å². The van der Waals surface area contributed by atoms with Gasteiger partial charge in [0.15, 0.2) is 0 Å². The summed E-state index contributed by atoms with van der Waals surface area (Å²) in [5, 5.41) is 0. The van der Waals surface area contributed by atoms with E-state index < -0.39 is 4.87 Å². The minimum Gasteiger partial charge on any atom is -0.114 e. The molecule has 0 spiro atoms. The monoisotopic (exact) mass is 334 g/mol. The lowest BCUT2D eigenvalue weighted by atomic mass is 9.57. The van der Waals surface area contributed by atoms with Crippen LogP contribution >= 0.6 is 34.8 Å². The summed E-state index contributed by atoms with van der Waals surface area (Å²) in [6.07, 6.45) is 0. The minimum atomic E-state index is -0.591. The van der Waals surface area contributed by atoms with Crippen LogP contribution in [-0.2, 0) is 0 Å². The fourth-order valence-corrected chi connectivity index (χ4v) is 5.18. The summed E-state index contributed by atoms with van der Waals surface area (Å²) in [5.74, 6) is 0.133. The van der Waals surface area contributed by atoms with E-state index in [0.29, 0.717) is 4.49 Å². The Morgan fingerprint density at radius 1 is 0.857 bits per heavy atom. The van der Waals surface area contributed by atoms with Crippen molar-refractivity contribution >= 4 is 34.8 Å². The molecule has 106 valence electrons. The van der Waals surface area contributed by atoms with Gasteiger partial charge in [0.2, 0.25) is 0 Å². The summed E-state index contributed by atoms with van der Waals surface area (Å²) in [5.41, 5.74) is 6.05. The van der Waals surface area contributed by atoms with Crippen molar-refractivity contribution in [3.63, 3.8) is 0 Å². The highest BCUT2D eigenvalue weighted by atomic mass is 35.5. The summed E-state index contributed by atoms with van der Waals surface area (Å²) in [7, 11) is 0. The second-order valence-corrected chi connectivity index (χ2v) is 7.61. The van der Waals surface area contributed by atoms with Crippen LogP contribution in [0.25, 0.3) is 0 Å². The molecule has 0 N–H and O–H groups in total. The molecule has 0 amide bonds. The van der Waals surface area contributed by atoms with Gasteiger partial charge in [0, 0.05) is 11.8 Å². The molecule has 0 fully saturated rings. The molecule has 0 saturated carbocycles. The quantitative estimate of drug-likeness (QED) is 0.521. The van der Waals surface area contributed by atoms with E-state index in [1.165, 1.54) is 22.3 Å². The zero-order valence-corrected chi connectivity index (χ0v) is 13.7. The van der Waals surface area contributed by atoms with Gasteiger partial charge >= 0.3 is 0 Å². The van der Waals surface area contributed by atoms with E-state index in [0.717, 1.165) is 5.57 Å². The fourth-order valence-electron chi connectivity index (χ4n) is 4.04. The lowest BCUT2D eigenvalue weighted by Crippen LogP contribution is -2.43. The summed E-state index contributed by atoms with van der Waals surface area (Å²) in [6, 6.07) is 16.9. The maximum atomic E-state index is 6.96. The zero-order valence-electron chi connectivity index (χ0n) is 11.4. The Morgan fingerprint density at radius 2 is 1.29 bits per heavy atom. The van der Waals surface area contributed by atoms with Gasteiger partial charge in [-0.15, -0.1) is 11.6 Å². The van der Waals surface area contributed by atoms with E-state index in [4.69, 9.17) is 34.8 Å². The summed E-state index contributed by atoms with van der Waals surface area (Å²) in [4.78, 5) is -0.591. The number of alkyl halides is 1. The van der Waals surface area contributed by atoms with Crippen molar-refractivity contribution in [3.05, 3.63) is 80.8 Å². The molecule has 5 rings (SSSR count). The maximum Gasteiger partial charge on any atom is 0.108 e. The molecule has 21 heavy (non-hydrogen) atoms. The van der Waals surface area contributed by atoms with Gasteiger partial charge < -0.3 is 0 Å². The largest absolute Gasteiger partial charge is 0.114 e. The molecule has 1 unspecified atom stereocenters. The second kappa shape index (κ2) is 4.52. The minimum absolute atomic E-state index is 0.0508. The predicted octanol–water partition coefficient (Wildman–Crippen LogP) is 5.96. The summed E-state index contributed by atoms with van der Waals surface area (Å²) < 4.78 is 0.298. The smallest absolute Gasteiger partial charge is 0.108 e. The van der Waals surface area contributed by atoms with Crippen LogP contribution in [0.3, 0.4) is 0 Å². The van der Waals surface area contributed by atoms with Crippen LogP contribution in [-0.4, -0.2) is 4.87 Å². The van der Waals surface area contributed by atoms with Crippen molar-refractivity contribution in [2.45, 2.75) is 23.6 Å². The summed E-state index contributed by atoms with van der Waals surface area (Å²) >= 11 is 19.4. The van der Waals surface area contributed by atoms with Gasteiger partial charge in [-0.3, -0.25) is 0 Å². The molecular formula is C18H13Cl3. The Balaban J connectivity index is 2.15. The highest BCUT2D eigenvalue weighted by molar-refractivity contribution is 6.57. The van der Waals surface area contributed by atoms with E-state index in [-0.39, 0.29) is 11.8 Å². The van der Waals surface area contributed by atoms with Crippen molar-refractivity contribution in [2.75, 3.05) is 0 Å². The number of halogens is 3. The van der Waals surface area contributed by atoms with Crippen LogP contribution in [0.2, 0.25) is 0 Å². The molecular weight excluding hydrogens is 323 g/mol. The molecule has 0 heterocycles. The Kier molecular flexibility index (Phi) is 2.95. The van der Waals surface area contributed by atoms with Crippen LogP contribution in [0.4, 0.5) is 0 Å². The lowest BCUT2D eigenvalue weighted by molar-refractivity contribution is 0.524. The third kappa shape index (κ3) is 1.70. The number of fused-ring (bicyclic) bond motifs is 1. The first-order chi connectivity index (χ1) is 10.0. The Morgan fingerprint density at radius 3 is 1.71 bits per heavy atom. The Hall–Kier alpha value is -0.950. The SMILES string of the molecule is CC1(Cl)C(=C(Cl)Cl)C2c3ccccc3C1c1ccccc12. The molecule has 3 aliphatic rings. The average molecular weight is 336 g/mol. The first kappa shape index (κ1) is 13.7. The molecule has 2 bridgehead atoms. The van der Waals surface area contributed by atoms with Crippen molar-refractivity contribution in [2.24, 2.45) is 0 Å². The normalized spacial score (nSPS) is 29.0. The first-order valence-electron chi connectivity index (χ1n) is 6.95. The second-order valence-electron chi connectivity index (χ2n) is 5.87. The van der Waals surface area contributed by atoms with E-state index >= 15 is 0 Å². The summed E-state index contributed by atoms with van der Waals surface area (Å²) in [6.45, 7) is 2.03.